The largest absolute Gasteiger partial charge is 0.329 e. The monoisotopic (exact) mass is 278 g/mol. The van der Waals surface area contributed by atoms with Gasteiger partial charge in [-0.1, -0.05) is 32.4 Å². The van der Waals surface area contributed by atoms with Crippen molar-refractivity contribution < 1.29 is 4.39 Å². The second-order valence-electron chi connectivity index (χ2n) is 6.58. The molecule has 1 saturated carbocycles. The topological polar surface area (TPSA) is 29.3 Å². The van der Waals surface area contributed by atoms with E-state index in [0.717, 1.165) is 24.4 Å². The fourth-order valence-electron chi connectivity index (χ4n) is 3.70. The average molecular weight is 278 g/mol. The molecule has 0 amide bonds. The van der Waals surface area contributed by atoms with E-state index in [4.69, 9.17) is 5.73 Å². The second-order valence-corrected chi connectivity index (χ2v) is 6.58. The van der Waals surface area contributed by atoms with E-state index in [0.29, 0.717) is 12.5 Å². The number of nitrogens with zero attached hydrogens (tertiary/aromatic N) is 1. The maximum absolute atomic E-state index is 13.0. The van der Waals surface area contributed by atoms with Crippen molar-refractivity contribution in [2.45, 2.75) is 45.2 Å². The van der Waals surface area contributed by atoms with Crippen molar-refractivity contribution in [3.05, 3.63) is 35.6 Å². The van der Waals surface area contributed by atoms with E-state index in [1.807, 2.05) is 12.1 Å². The molecule has 1 aliphatic rings. The van der Waals surface area contributed by atoms with Crippen LogP contribution in [0.4, 0.5) is 4.39 Å². The van der Waals surface area contributed by atoms with Gasteiger partial charge in [-0.05, 0) is 49.4 Å². The summed E-state index contributed by atoms with van der Waals surface area (Å²) in [5.41, 5.74) is 7.39. The highest BCUT2D eigenvalue weighted by atomic mass is 19.1. The first kappa shape index (κ1) is 15.5. The molecule has 0 heterocycles. The summed E-state index contributed by atoms with van der Waals surface area (Å²) in [5.74, 6) is 1.16. The summed E-state index contributed by atoms with van der Waals surface area (Å²) in [4.78, 5) is 2.39. The summed E-state index contributed by atoms with van der Waals surface area (Å²) in [7, 11) is 2.16. The summed E-state index contributed by atoms with van der Waals surface area (Å²) >= 11 is 0. The van der Waals surface area contributed by atoms with Crippen LogP contribution in [0.2, 0.25) is 0 Å². The van der Waals surface area contributed by atoms with Crippen LogP contribution in [0.5, 0.6) is 0 Å². The Morgan fingerprint density at radius 2 is 1.90 bits per heavy atom. The summed E-state index contributed by atoms with van der Waals surface area (Å²) in [6, 6.07) is 6.80. The lowest BCUT2D eigenvalue weighted by Crippen LogP contribution is -2.58. The van der Waals surface area contributed by atoms with E-state index in [2.05, 4.69) is 25.8 Å². The van der Waals surface area contributed by atoms with Crippen molar-refractivity contribution in [2.24, 2.45) is 17.6 Å². The van der Waals surface area contributed by atoms with Crippen LogP contribution in [0.3, 0.4) is 0 Å². The zero-order chi connectivity index (χ0) is 14.8. The highest BCUT2D eigenvalue weighted by Gasteiger charge is 2.42. The molecule has 1 aliphatic carbocycles. The summed E-state index contributed by atoms with van der Waals surface area (Å²) in [5, 5.41) is 0. The van der Waals surface area contributed by atoms with Gasteiger partial charge in [0.15, 0.2) is 0 Å². The summed E-state index contributed by atoms with van der Waals surface area (Å²) in [6.07, 6.45) is 3.70. The molecule has 2 nitrogen and oxygen atoms in total. The molecule has 0 spiro atoms. The predicted molar refractivity (Wildman–Crippen MR) is 81.8 cm³/mol. The molecule has 3 heteroatoms. The zero-order valence-electron chi connectivity index (χ0n) is 12.9. The van der Waals surface area contributed by atoms with Crippen LogP contribution >= 0.6 is 0 Å². The third-order valence-electron chi connectivity index (χ3n) is 5.16. The lowest BCUT2D eigenvalue weighted by Gasteiger charge is -2.50. The SMILES string of the molecule is CC1CCC(C)C(CN)(N(C)Cc2ccc(F)cc2)C1. The Kier molecular flexibility index (Phi) is 4.82. The number of likely N-dealkylation sites (N-methyl/N-ethyl adjacent to an activating group) is 1. The number of halogens is 1. The van der Waals surface area contributed by atoms with Crippen LogP contribution in [0, 0.1) is 17.7 Å². The van der Waals surface area contributed by atoms with Gasteiger partial charge in [0.1, 0.15) is 5.82 Å². The van der Waals surface area contributed by atoms with Gasteiger partial charge in [0.05, 0.1) is 0 Å². The molecule has 0 radical (unpaired) electrons. The van der Waals surface area contributed by atoms with Crippen molar-refractivity contribution in [2.75, 3.05) is 13.6 Å². The fraction of sp³-hybridized carbons (Fsp3) is 0.647. The van der Waals surface area contributed by atoms with E-state index in [1.54, 1.807) is 0 Å². The summed E-state index contributed by atoms with van der Waals surface area (Å²) < 4.78 is 13.0. The number of nitrogens with two attached hydrogens (primary N) is 1. The van der Waals surface area contributed by atoms with E-state index in [-0.39, 0.29) is 11.4 Å². The van der Waals surface area contributed by atoms with Crippen LogP contribution in [0.25, 0.3) is 0 Å². The van der Waals surface area contributed by atoms with Gasteiger partial charge in [-0.2, -0.15) is 0 Å². The molecule has 1 aromatic carbocycles. The minimum absolute atomic E-state index is 0.0754. The zero-order valence-corrected chi connectivity index (χ0v) is 12.9. The van der Waals surface area contributed by atoms with Gasteiger partial charge >= 0.3 is 0 Å². The smallest absolute Gasteiger partial charge is 0.123 e. The molecule has 0 aliphatic heterocycles. The normalized spacial score (nSPS) is 30.7. The Bertz CT molecular complexity index is 431. The number of rotatable bonds is 4. The van der Waals surface area contributed by atoms with Crippen LogP contribution in [0.15, 0.2) is 24.3 Å². The molecule has 3 unspecified atom stereocenters. The van der Waals surface area contributed by atoms with Gasteiger partial charge in [0, 0.05) is 18.6 Å². The molecule has 2 N–H and O–H groups in total. The maximum atomic E-state index is 13.0. The van der Waals surface area contributed by atoms with Gasteiger partial charge in [0.25, 0.3) is 0 Å². The van der Waals surface area contributed by atoms with Gasteiger partial charge < -0.3 is 5.73 Å². The minimum Gasteiger partial charge on any atom is -0.329 e. The standard InChI is InChI=1S/C17H27FN2/c1-13-4-5-14(2)17(10-13,12-19)20(3)11-15-6-8-16(18)9-7-15/h6-9,13-14H,4-5,10-12,19H2,1-3H3. The highest BCUT2D eigenvalue weighted by molar-refractivity contribution is 5.16. The summed E-state index contributed by atoms with van der Waals surface area (Å²) in [6.45, 7) is 6.16. The molecule has 0 saturated heterocycles. The molecule has 20 heavy (non-hydrogen) atoms. The molecule has 1 aromatic rings. The van der Waals surface area contributed by atoms with Crippen LogP contribution in [-0.4, -0.2) is 24.0 Å². The number of hydrogen-bond acceptors (Lipinski definition) is 2. The predicted octanol–water partition coefficient (Wildman–Crippen LogP) is 3.41. The first-order valence-electron chi connectivity index (χ1n) is 7.63. The molecular formula is C17H27FN2. The van der Waals surface area contributed by atoms with Gasteiger partial charge in [-0.25, -0.2) is 4.39 Å². The molecule has 0 aromatic heterocycles. The molecule has 112 valence electrons. The molecular weight excluding hydrogens is 251 g/mol. The molecule has 0 bridgehead atoms. The third-order valence-corrected chi connectivity index (χ3v) is 5.16. The quantitative estimate of drug-likeness (QED) is 0.914. The fourth-order valence-corrected chi connectivity index (χ4v) is 3.70. The van der Waals surface area contributed by atoms with Crippen molar-refractivity contribution >= 4 is 0 Å². The Balaban J connectivity index is 2.15. The van der Waals surface area contributed by atoms with E-state index >= 15 is 0 Å². The third kappa shape index (κ3) is 3.04. The number of hydrogen-bond donors (Lipinski definition) is 1. The first-order valence-corrected chi connectivity index (χ1v) is 7.63. The van der Waals surface area contributed by atoms with Gasteiger partial charge in [0.2, 0.25) is 0 Å². The molecule has 1 fully saturated rings. The van der Waals surface area contributed by atoms with E-state index < -0.39 is 0 Å². The van der Waals surface area contributed by atoms with Crippen LogP contribution in [0.1, 0.15) is 38.7 Å². The maximum Gasteiger partial charge on any atom is 0.123 e. The van der Waals surface area contributed by atoms with Crippen LogP contribution < -0.4 is 5.73 Å². The lowest BCUT2D eigenvalue weighted by atomic mass is 9.68. The van der Waals surface area contributed by atoms with Crippen molar-refractivity contribution in [3.8, 4) is 0 Å². The Hall–Kier alpha value is -0.930. The van der Waals surface area contributed by atoms with Crippen molar-refractivity contribution in [1.82, 2.24) is 4.90 Å². The van der Waals surface area contributed by atoms with Crippen LogP contribution in [-0.2, 0) is 6.54 Å². The molecule has 3 atom stereocenters. The second kappa shape index (κ2) is 6.23. The lowest BCUT2D eigenvalue weighted by molar-refractivity contribution is 0.00903. The van der Waals surface area contributed by atoms with E-state index in [1.165, 1.54) is 25.0 Å². The number of benzene rings is 1. The Labute approximate surface area is 122 Å². The highest BCUT2D eigenvalue weighted by Crippen LogP contribution is 2.40. The Morgan fingerprint density at radius 1 is 1.25 bits per heavy atom. The van der Waals surface area contributed by atoms with Gasteiger partial charge in [-0.3, -0.25) is 4.90 Å². The van der Waals surface area contributed by atoms with Crippen molar-refractivity contribution in [1.29, 1.82) is 0 Å². The minimum atomic E-state index is -0.176. The van der Waals surface area contributed by atoms with Gasteiger partial charge in [-0.15, -0.1) is 0 Å². The average Bonchev–Trinajstić information content (AvgIpc) is 2.44. The Morgan fingerprint density at radius 3 is 2.50 bits per heavy atom. The van der Waals surface area contributed by atoms with E-state index in [9.17, 15) is 4.39 Å². The van der Waals surface area contributed by atoms with Crippen molar-refractivity contribution in [3.63, 3.8) is 0 Å². The first-order chi connectivity index (χ1) is 9.48. The molecule has 2 rings (SSSR count).